The Morgan fingerprint density at radius 1 is 1.62 bits per heavy atom. The fourth-order valence-corrected chi connectivity index (χ4v) is 2.12. The number of hydrogen-bond donors (Lipinski definition) is 2. The fraction of sp³-hybridized carbons (Fsp3) is 0.667. The van der Waals surface area contributed by atoms with E-state index in [1.165, 1.54) is 12.5 Å². The molecule has 0 aliphatic carbocycles. The molecule has 1 aromatic rings. The molecule has 1 rings (SSSR count). The molecule has 0 amide bonds. The number of aliphatic hydroxyl groups is 1. The van der Waals surface area contributed by atoms with Gasteiger partial charge in [-0.1, -0.05) is 6.92 Å². The maximum absolute atomic E-state index is 11.7. The minimum Gasteiger partial charge on any atom is -0.389 e. The van der Waals surface area contributed by atoms with Gasteiger partial charge in [0.2, 0.25) is 0 Å². The first kappa shape index (κ1) is 13.1. The highest BCUT2D eigenvalue weighted by molar-refractivity contribution is 7.89. The van der Waals surface area contributed by atoms with Crippen LogP contribution in [0.2, 0.25) is 0 Å². The quantitative estimate of drug-likeness (QED) is 0.758. The number of sulfonamides is 1. The molecule has 0 aliphatic rings. The summed E-state index contributed by atoms with van der Waals surface area (Å²) in [5.41, 5.74) is -1.04. The Morgan fingerprint density at radius 2 is 2.25 bits per heavy atom. The third-order valence-electron chi connectivity index (χ3n) is 2.36. The molecule has 0 aromatic carbocycles. The first-order chi connectivity index (χ1) is 7.27. The third-order valence-corrected chi connectivity index (χ3v) is 3.65. The number of imidazole rings is 1. The fourth-order valence-electron chi connectivity index (χ4n) is 0.977. The van der Waals surface area contributed by atoms with Gasteiger partial charge in [-0.15, -0.1) is 0 Å². The molecule has 1 unspecified atom stereocenters. The minimum atomic E-state index is -3.62. The summed E-state index contributed by atoms with van der Waals surface area (Å²) < 4.78 is 27.3. The van der Waals surface area contributed by atoms with Crippen molar-refractivity contribution in [3.63, 3.8) is 0 Å². The second-order valence-electron chi connectivity index (χ2n) is 4.05. The highest BCUT2D eigenvalue weighted by Gasteiger charge is 2.23. The summed E-state index contributed by atoms with van der Waals surface area (Å²) in [5.74, 6) is 0. The molecule has 2 N–H and O–H groups in total. The molecular formula is C9H17N3O3S. The van der Waals surface area contributed by atoms with Crippen molar-refractivity contribution in [1.82, 2.24) is 14.3 Å². The molecule has 1 atom stereocenters. The predicted molar refractivity (Wildman–Crippen MR) is 59.3 cm³/mol. The standard InChI is InChI=1S/C9H17N3O3S/c1-4-9(2,13)6-11-16(14,15)8-5-12(3)7-10-8/h5,7,11,13H,4,6H2,1-3H3. The summed E-state index contributed by atoms with van der Waals surface area (Å²) in [5, 5.41) is 9.65. The highest BCUT2D eigenvalue weighted by Crippen LogP contribution is 2.09. The van der Waals surface area contributed by atoms with Crippen LogP contribution in [-0.2, 0) is 17.1 Å². The van der Waals surface area contributed by atoms with Crippen LogP contribution in [0.3, 0.4) is 0 Å². The van der Waals surface area contributed by atoms with Gasteiger partial charge in [0.05, 0.1) is 11.9 Å². The highest BCUT2D eigenvalue weighted by atomic mass is 32.2. The van der Waals surface area contributed by atoms with Crippen LogP contribution in [0.15, 0.2) is 17.6 Å². The van der Waals surface area contributed by atoms with E-state index in [9.17, 15) is 13.5 Å². The molecule has 1 heterocycles. The van der Waals surface area contributed by atoms with E-state index in [-0.39, 0.29) is 11.6 Å². The number of nitrogens with zero attached hydrogens (tertiary/aromatic N) is 2. The van der Waals surface area contributed by atoms with E-state index in [4.69, 9.17) is 0 Å². The summed E-state index contributed by atoms with van der Waals surface area (Å²) in [6.45, 7) is 3.34. The average Bonchev–Trinajstić information content (AvgIpc) is 2.63. The SMILES string of the molecule is CCC(C)(O)CNS(=O)(=O)c1cn(C)cn1. The van der Waals surface area contributed by atoms with Gasteiger partial charge in [-0.2, -0.15) is 0 Å². The maximum Gasteiger partial charge on any atom is 0.259 e. The van der Waals surface area contributed by atoms with Crippen molar-refractivity contribution >= 4 is 10.0 Å². The molecule has 0 fully saturated rings. The molecule has 0 bridgehead atoms. The van der Waals surface area contributed by atoms with Crippen LogP contribution in [0.1, 0.15) is 20.3 Å². The van der Waals surface area contributed by atoms with Gasteiger partial charge in [0, 0.05) is 19.8 Å². The Morgan fingerprint density at radius 3 is 2.69 bits per heavy atom. The zero-order valence-corrected chi connectivity index (χ0v) is 10.5. The molecular weight excluding hydrogens is 230 g/mol. The molecule has 0 aliphatic heterocycles. The van der Waals surface area contributed by atoms with E-state index in [0.717, 1.165) is 0 Å². The summed E-state index contributed by atoms with van der Waals surface area (Å²) in [6, 6.07) is 0. The van der Waals surface area contributed by atoms with Crippen molar-refractivity contribution in [3.8, 4) is 0 Å². The Bertz CT molecular complexity index is 450. The van der Waals surface area contributed by atoms with Gasteiger partial charge in [-0.05, 0) is 13.3 Å². The van der Waals surface area contributed by atoms with Crippen molar-refractivity contribution in [2.45, 2.75) is 30.9 Å². The van der Waals surface area contributed by atoms with Gasteiger partial charge < -0.3 is 9.67 Å². The second kappa shape index (κ2) is 4.52. The van der Waals surface area contributed by atoms with E-state index in [0.29, 0.717) is 6.42 Å². The van der Waals surface area contributed by atoms with Gasteiger partial charge in [-0.3, -0.25) is 0 Å². The van der Waals surface area contributed by atoms with E-state index in [1.807, 2.05) is 0 Å². The Hall–Kier alpha value is -0.920. The number of hydrogen-bond acceptors (Lipinski definition) is 4. The normalized spacial score (nSPS) is 16.0. The lowest BCUT2D eigenvalue weighted by molar-refractivity contribution is 0.0613. The van der Waals surface area contributed by atoms with Gasteiger partial charge in [0.15, 0.2) is 5.03 Å². The van der Waals surface area contributed by atoms with Gasteiger partial charge in [0.1, 0.15) is 0 Å². The number of nitrogens with one attached hydrogen (secondary N) is 1. The van der Waals surface area contributed by atoms with Gasteiger partial charge in [0.25, 0.3) is 10.0 Å². The summed E-state index contributed by atoms with van der Waals surface area (Å²) in [6.07, 6.45) is 3.28. The summed E-state index contributed by atoms with van der Waals surface area (Å²) in [7, 11) is -1.94. The second-order valence-corrected chi connectivity index (χ2v) is 5.77. The monoisotopic (exact) mass is 247 g/mol. The van der Waals surface area contributed by atoms with Crippen molar-refractivity contribution in [1.29, 1.82) is 0 Å². The van der Waals surface area contributed by atoms with Crippen LogP contribution in [0.25, 0.3) is 0 Å². The summed E-state index contributed by atoms with van der Waals surface area (Å²) in [4.78, 5) is 3.74. The number of aryl methyl sites for hydroxylation is 1. The smallest absolute Gasteiger partial charge is 0.259 e. The topological polar surface area (TPSA) is 84.2 Å². The molecule has 92 valence electrons. The predicted octanol–water partition coefficient (Wildman–Crippen LogP) is -0.141. The zero-order valence-electron chi connectivity index (χ0n) is 9.64. The van der Waals surface area contributed by atoms with Crippen LogP contribution >= 0.6 is 0 Å². The molecule has 7 heteroatoms. The van der Waals surface area contributed by atoms with Crippen LogP contribution in [0.4, 0.5) is 0 Å². The van der Waals surface area contributed by atoms with E-state index >= 15 is 0 Å². The van der Waals surface area contributed by atoms with Crippen LogP contribution < -0.4 is 4.72 Å². The lowest BCUT2D eigenvalue weighted by Crippen LogP contribution is -2.40. The molecule has 0 saturated heterocycles. The Labute approximate surface area is 95.4 Å². The van der Waals surface area contributed by atoms with Crippen LogP contribution in [0.5, 0.6) is 0 Å². The molecule has 0 radical (unpaired) electrons. The van der Waals surface area contributed by atoms with Gasteiger partial charge in [-0.25, -0.2) is 18.1 Å². The molecule has 1 aromatic heterocycles. The zero-order chi connectivity index (χ0) is 12.4. The maximum atomic E-state index is 11.7. The van der Waals surface area contributed by atoms with E-state index in [1.54, 1.807) is 25.5 Å². The van der Waals surface area contributed by atoms with Crippen molar-refractivity contribution in [3.05, 3.63) is 12.5 Å². The van der Waals surface area contributed by atoms with E-state index < -0.39 is 15.6 Å². The van der Waals surface area contributed by atoms with Crippen molar-refractivity contribution in [2.75, 3.05) is 6.54 Å². The van der Waals surface area contributed by atoms with Gasteiger partial charge >= 0.3 is 0 Å². The average molecular weight is 247 g/mol. The van der Waals surface area contributed by atoms with Crippen LogP contribution in [-0.4, -0.2) is 35.2 Å². The first-order valence-electron chi connectivity index (χ1n) is 4.97. The molecule has 6 nitrogen and oxygen atoms in total. The summed E-state index contributed by atoms with van der Waals surface area (Å²) >= 11 is 0. The first-order valence-corrected chi connectivity index (χ1v) is 6.45. The largest absolute Gasteiger partial charge is 0.389 e. The van der Waals surface area contributed by atoms with E-state index in [2.05, 4.69) is 9.71 Å². The van der Waals surface area contributed by atoms with Crippen molar-refractivity contribution < 1.29 is 13.5 Å². The number of rotatable bonds is 5. The van der Waals surface area contributed by atoms with Crippen molar-refractivity contribution in [2.24, 2.45) is 7.05 Å². The minimum absolute atomic E-state index is 0.0254. The molecule has 16 heavy (non-hydrogen) atoms. The Balaban J connectivity index is 2.74. The molecule has 0 spiro atoms. The lowest BCUT2D eigenvalue weighted by Gasteiger charge is -2.20. The third kappa shape index (κ3) is 3.29. The van der Waals surface area contributed by atoms with Crippen LogP contribution in [0, 0.1) is 0 Å². The lowest BCUT2D eigenvalue weighted by atomic mass is 10.1. The molecule has 0 saturated carbocycles. The number of aromatic nitrogens is 2. The Kier molecular flexibility index (Phi) is 3.72.